The van der Waals surface area contributed by atoms with Gasteiger partial charge in [-0.15, -0.1) is 0 Å². The molecule has 28 heavy (non-hydrogen) atoms. The van der Waals surface area contributed by atoms with Crippen molar-refractivity contribution in [3.05, 3.63) is 55.1 Å². The number of nitrogens with zero attached hydrogens (tertiary/aromatic N) is 4. The molecule has 3 heterocycles. The highest BCUT2D eigenvalue weighted by Gasteiger charge is 2.45. The van der Waals surface area contributed by atoms with E-state index in [2.05, 4.69) is 15.0 Å². The van der Waals surface area contributed by atoms with Crippen molar-refractivity contribution in [3.63, 3.8) is 0 Å². The van der Waals surface area contributed by atoms with Gasteiger partial charge in [0.15, 0.2) is 18.0 Å². The predicted octanol–water partition coefficient (Wildman–Crippen LogP) is 2.24. The van der Waals surface area contributed by atoms with Crippen molar-refractivity contribution in [1.82, 2.24) is 19.5 Å². The first kappa shape index (κ1) is 17.2. The van der Waals surface area contributed by atoms with Crippen molar-refractivity contribution in [2.75, 3.05) is 6.61 Å². The Balaban J connectivity index is 1.66. The van der Waals surface area contributed by atoms with E-state index >= 15 is 0 Å². The number of aliphatic hydroxyl groups is 2. The SMILES string of the molecule is OCC1OC(n2cnc3c(-c4cccc5ccccc45)ncnc32)[C@@H](O)C1F. The molecule has 0 saturated carbocycles. The molecular formula is C20H17FN4O3. The number of halogens is 1. The second kappa shape index (κ2) is 6.59. The summed E-state index contributed by atoms with van der Waals surface area (Å²) in [6, 6.07) is 13.9. The van der Waals surface area contributed by atoms with Crippen LogP contribution in [0.1, 0.15) is 6.23 Å². The van der Waals surface area contributed by atoms with Crippen molar-refractivity contribution in [3.8, 4) is 11.3 Å². The van der Waals surface area contributed by atoms with Gasteiger partial charge in [-0.05, 0) is 10.8 Å². The summed E-state index contributed by atoms with van der Waals surface area (Å²) in [6.07, 6.45) is -2.36. The maximum atomic E-state index is 14.1. The van der Waals surface area contributed by atoms with Crippen molar-refractivity contribution in [2.45, 2.75) is 24.6 Å². The Hall–Kier alpha value is -2.94. The van der Waals surface area contributed by atoms with Crippen molar-refractivity contribution in [1.29, 1.82) is 0 Å². The molecule has 1 aliphatic rings. The van der Waals surface area contributed by atoms with E-state index in [9.17, 15) is 14.6 Å². The number of fused-ring (bicyclic) bond motifs is 2. The summed E-state index contributed by atoms with van der Waals surface area (Å²) >= 11 is 0. The van der Waals surface area contributed by atoms with E-state index in [0.29, 0.717) is 16.9 Å². The maximum absolute atomic E-state index is 14.1. The molecule has 3 unspecified atom stereocenters. The first-order valence-corrected chi connectivity index (χ1v) is 8.93. The molecule has 4 atom stereocenters. The number of ether oxygens (including phenoxy) is 1. The van der Waals surface area contributed by atoms with E-state index in [4.69, 9.17) is 4.74 Å². The van der Waals surface area contributed by atoms with Crippen molar-refractivity contribution < 1.29 is 19.3 Å². The second-order valence-electron chi connectivity index (χ2n) is 6.76. The molecule has 1 aliphatic heterocycles. The highest BCUT2D eigenvalue weighted by Crippen LogP contribution is 2.35. The lowest BCUT2D eigenvalue weighted by molar-refractivity contribution is -0.0495. The predicted molar refractivity (Wildman–Crippen MR) is 100 cm³/mol. The van der Waals surface area contributed by atoms with E-state index in [0.717, 1.165) is 16.3 Å². The third-order valence-corrected chi connectivity index (χ3v) is 5.15. The van der Waals surface area contributed by atoms with E-state index in [1.54, 1.807) is 0 Å². The molecule has 8 heteroatoms. The van der Waals surface area contributed by atoms with Gasteiger partial charge in [-0.3, -0.25) is 4.57 Å². The average Bonchev–Trinajstić information content (AvgIpc) is 3.29. The zero-order valence-corrected chi connectivity index (χ0v) is 14.7. The fourth-order valence-corrected chi connectivity index (χ4v) is 3.75. The molecule has 0 bridgehead atoms. The van der Waals surface area contributed by atoms with Crippen LogP contribution >= 0.6 is 0 Å². The zero-order chi connectivity index (χ0) is 19.3. The number of hydrogen-bond acceptors (Lipinski definition) is 6. The lowest BCUT2D eigenvalue weighted by Gasteiger charge is -2.16. The first-order valence-electron chi connectivity index (χ1n) is 8.93. The monoisotopic (exact) mass is 380 g/mol. The van der Waals surface area contributed by atoms with Gasteiger partial charge in [0.25, 0.3) is 0 Å². The molecule has 0 radical (unpaired) electrons. The topological polar surface area (TPSA) is 93.3 Å². The van der Waals surface area contributed by atoms with Crippen LogP contribution in [0.5, 0.6) is 0 Å². The minimum Gasteiger partial charge on any atom is -0.394 e. The molecule has 4 aromatic rings. The highest BCUT2D eigenvalue weighted by atomic mass is 19.1. The van der Waals surface area contributed by atoms with E-state index in [1.807, 2.05) is 42.5 Å². The molecule has 2 aromatic heterocycles. The third kappa shape index (κ3) is 2.50. The van der Waals surface area contributed by atoms with Crippen LogP contribution in [-0.4, -0.2) is 54.7 Å². The van der Waals surface area contributed by atoms with E-state index < -0.39 is 31.2 Å². The molecule has 5 rings (SSSR count). The molecule has 1 fully saturated rings. The standard InChI is InChI=1S/C20H17FN4O3/c21-15-14(8-26)28-20(18(15)27)25-10-24-17-16(22-9-23-19(17)25)13-7-3-5-11-4-1-2-6-12(11)13/h1-7,9-10,14-15,18,20,26-27H,8H2/t14?,15?,18-,20?/m0/s1. The number of imidazole rings is 1. The van der Waals surface area contributed by atoms with Gasteiger partial charge in [0.1, 0.15) is 29.7 Å². The van der Waals surface area contributed by atoms with Crippen LogP contribution in [0.4, 0.5) is 4.39 Å². The van der Waals surface area contributed by atoms with Crippen LogP contribution in [-0.2, 0) is 4.74 Å². The summed E-state index contributed by atoms with van der Waals surface area (Å²) in [5, 5.41) is 21.6. The third-order valence-electron chi connectivity index (χ3n) is 5.15. The smallest absolute Gasteiger partial charge is 0.166 e. The van der Waals surface area contributed by atoms with Gasteiger partial charge in [0.2, 0.25) is 0 Å². The Morgan fingerprint density at radius 2 is 1.89 bits per heavy atom. The fraction of sp³-hybridized carbons (Fsp3) is 0.250. The van der Waals surface area contributed by atoms with Gasteiger partial charge in [0, 0.05) is 5.56 Å². The molecule has 2 N–H and O–H groups in total. The van der Waals surface area contributed by atoms with Gasteiger partial charge < -0.3 is 14.9 Å². The van der Waals surface area contributed by atoms with Gasteiger partial charge in [-0.2, -0.15) is 0 Å². The first-order chi connectivity index (χ1) is 13.7. The molecule has 0 amide bonds. The largest absolute Gasteiger partial charge is 0.394 e. The fourth-order valence-electron chi connectivity index (χ4n) is 3.75. The zero-order valence-electron chi connectivity index (χ0n) is 14.7. The molecule has 0 spiro atoms. The average molecular weight is 380 g/mol. The van der Waals surface area contributed by atoms with E-state index in [-0.39, 0.29) is 0 Å². The summed E-state index contributed by atoms with van der Waals surface area (Å²) in [5.74, 6) is 0. The van der Waals surface area contributed by atoms with Crippen molar-refractivity contribution >= 4 is 21.9 Å². The van der Waals surface area contributed by atoms with Crippen LogP contribution in [0, 0.1) is 0 Å². The van der Waals surface area contributed by atoms with Gasteiger partial charge in [0.05, 0.1) is 12.9 Å². The number of hydrogen-bond donors (Lipinski definition) is 2. The second-order valence-corrected chi connectivity index (χ2v) is 6.76. The van der Waals surface area contributed by atoms with Gasteiger partial charge in [-0.25, -0.2) is 19.3 Å². The lowest BCUT2D eigenvalue weighted by atomic mass is 10.0. The molecular weight excluding hydrogens is 363 g/mol. The number of benzene rings is 2. The van der Waals surface area contributed by atoms with Crippen LogP contribution in [0.25, 0.3) is 33.2 Å². The Kier molecular flexibility index (Phi) is 4.04. The Bertz CT molecular complexity index is 1160. The van der Waals surface area contributed by atoms with Crippen LogP contribution in [0.2, 0.25) is 0 Å². The molecule has 2 aromatic carbocycles. The molecule has 7 nitrogen and oxygen atoms in total. The quantitative estimate of drug-likeness (QED) is 0.566. The number of aliphatic hydroxyl groups excluding tert-OH is 2. The Morgan fingerprint density at radius 3 is 2.71 bits per heavy atom. The number of aromatic nitrogens is 4. The van der Waals surface area contributed by atoms with Gasteiger partial charge >= 0.3 is 0 Å². The Labute approximate surface area is 159 Å². The normalized spacial score (nSPS) is 25.0. The summed E-state index contributed by atoms with van der Waals surface area (Å²) in [5.41, 5.74) is 2.49. The minimum atomic E-state index is -1.69. The molecule has 0 aliphatic carbocycles. The molecule has 142 valence electrons. The van der Waals surface area contributed by atoms with Crippen LogP contribution < -0.4 is 0 Å². The minimum absolute atomic E-state index is 0.424. The maximum Gasteiger partial charge on any atom is 0.166 e. The summed E-state index contributed by atoms with van der Waals surface area (Å²) in [4.78, 5) is 13.1. The number of rotatable bonds is 3. The lowest BCUT2D eigenvalue weighted by Crippen LogP contribution is -2.29. The summed E-state index contributed by atoms with van der Waals surface area (Å²) in [7, 11) is 0. The summed E-state index contributed by atoms with van der Waals surface area (Å²) in [6.45, 7) is -0.516. The highest BCUT2D eigenvalue weighted by molar-refractivity contribution is 6.01. The Morgan fingerprint density at radius 1 is 1.07 bits per heavy atom. The van der Waals surface area contributed by atoms with Gasteiger partial charge in [-0.1, -0.05) is 42.5 Å². The molecule has 1 saturated heterocycles. The number of alkyl halides is 1. The van der Waals surface area contributed by atoms with Crippen LogP contribution in [0.15, 0.2) is 55.1 Å². The van der Waals surface area contributed by atoms with E-state index in [1.165, 1.54) is 17.2 Å². The van der Waals surface area contributed by atoms with Crippen molar-refractivity contribution in [2.24, 2.45) is 0 Å². The van der Waals surface area contributed by atoms with Crippen LogP contribution in [0.3, 0.4) is 0 Å². The summed E-state index contributed by atoms with van der Waals surface area (Å²) < 4.78 is 21.1.